The quantitative estimate of drug-likeness (QED) is 0.100. The van der Waals surface area contributed by atoms with Crippen molar-refractivity contribution < 1.29 is 14.3 Å². The predicted molar refractivity (Wildman–Crippen MR) is 210 cm³/mol. The molecule has 272 valence electrons. The van der Waals surface area contributed by atoms with Crippen LogP contribution in [-0.2, 0) is 41.8 Å². The average molecular weight is 780 g/mol. The number of aromatic nitrogens is 4. The molecule has 2 atom stereocenters. The summed E-state index contributed by atoms with van der Waals surface area (Å²) in [6, 6.07) is 4.12. The Labute approximate surface area is 320 Å². The lowest BCUT2D eigenvalue weighted by Crippen LogP contribution is -2.32. The molecule has 15 heteroatoms. The van der Waals surface area contributed by atoms with E-state index in [9.17, 15) is 9.59 Å². The van der Waals surface area contributed by atoms with Gasteiger partial charge in [0.2, 0.25) is 11.8 Å². The molecule has 0 saturated heterocycles. The zero-order chi connectivity index (χ0) is 36.5. The van der Waals surface area contributed by atoms with Crippen LogP contribution in [0.4, 0.5) is 11.5 Å². The van der Waals surface area contributed by atoms with E-state index < -0.39 is 0 Å². The first-order valence-corrected chi connectivity index (χ1v) is 19.9. The summed E-state index contributed by atoms with van der Waals surface area (Å²) in [6.45, 7) is 1.22. The number of alkyl halides is 1. The van der Waals surface area contributed by atoms with E-state index >= 15 is 0 Å². The SMILES string of the molecule is CN(C)C(=O)C1CCc2c(sc3ncnc(Cl)c23)C1.CN(C)C(=O)C1CCc2c(sc3ncnc(Nc4cc5c(cc4OCCCCl)CN=C5)c23)C1. The lowest BCUT2D eigenvalue weighted by atomic mass is 9.87. The number of carbonyl (C=O) groups is 2. The summed E-state index contributed by atoms with van der Waals surface area (Å²) < 4.78 is 6.06. The van der Waals surface area contributed by atoms with Gasteiger partial charge in [-0.05, 0) is 79.3 Å². The number of rotatable bonds is 8. The van der Waals surface area contributed by atoms with Gasteiger partial charge in [0.1, 0.15) is 39.0 Å². The van der Waals surface area contributed by atoms with Crippen molar-refractivity contribution in [2.75, 3.05) is 46.0 Å². The molecule has 5 heterocycles. The summed E-state index contributed by atoms with van der Waals surface area (Å²) in [5, 5.41) is 6.09. The van der Waals surface area contributed by atoms with E-state index in [-0.39, 0.29) is 23.7 Å². The van der Waals surface area contributed by atoms with Crippen molar-refractivity contribution in [1.29, 1.82) is 0 Å². The summed E-state index contributed by atoms with van der Waals surface area (Å²) in [5.41, 5.74) is 5.60. The number of hydrogen-bond acceptors (Lipinski definition) is 11. The molecule has 1 N–H and O–H groups in total. The van der Waals surface area contributed by atoms with Gasteiger partial charge in [-0.3, -0.25) is 14.6 Å². The molecule has 52 heavy (non-hydrogen) atoms. The molecule has 2 unspecified atom stereocenters. The highest BCUT2D eigenvalue weighted by Crippen LogP contribution is 2.43. The number of halogens is 2. The Kier molecular flexibility index (Phi) is 10.9. The van der Waals surface area contributed by atoms with Gasteiger partial charge in [0.15, 0.2) is 0 Å². The number of amides is 2. The molecule has 0 radical (unpaired) electrons. The van der Waals surface area contributed by atoms with Crippen LogP contribution in [-0.4, -0.2) is 88.4 Å². The van der Waals surface area contributed by atoms with Gasteiger partial charge in [-0.2, -0.15) is 0 Å². The first kappa shape index (κ1) is 36.4. The van der Waals surface area contributed by atoms with Crippen molar-refractivity contribution in [2.24, 2.45) is 16.8 Å². The average Bonchev–Trinajstić information content (AvgIpc) is 3.86. The highest BCUT2D eigenvalue weighted by Gasteiger charge is 2.31. The zero-order valence-corrected chi connectivity index (χ0v) is 32.7. The van der Waals surface area contributed by atoms with Gasteiger partial charge in [0.05, 0.1) is 29.6 Å². The van der Waals surface area contributed by atoms with Gasteiger partial charge >= 0.3 is 0 Å². The minimum absolute atomic E-state index is 0.0304. The van der Waals surface area contributed by atoms with E-state index in [2.05, 4.69) is 42.4 Å². The van der Waals surface area contributed by atoms with E-state index in [4.69, 9.17) is 27.9 Å². The van der Waals surface area contributed by atoms with Crippen LogP contribution in [0.15, 0.2) is 29.8 Å². The molecular formula is C37H40Cl2N8O3S2. The van der Waals surface area contributed by atoms with Gasteiger partial charge in [0, 0.05) is 61.9 Å². The molecule has 4 aromatic heterocycles. The summed E-state index contributed by atoms with van der Waals surface area (Å²) in [7, 11) is 7.27. The highest BCUT2D eigenvalue weighted by atomic mass is 35.5. The van der Waals surface area contributed by atoms with Crippen molar-refractivity contribution in [3.05, 3.63) is 61.9 Å². The third kappa shape index (κ3) is 7.33. The molecule has 0 spiro atoms. The number of benzene rings is 1. The maximum atomic E-state index is 12.5. The van der Waals surface area contributed by atoms with Crippen LogP contribution in [0.5, 0.6) is 5.75 Å². The molecule has 2 aliphatic carbocycles. The third-order valence-corrected chi connectivity index (χ3v) is 12.6. The van der Waals surface area contributed by atoms with E-state index in [1.54, 1.807) is 38.8 Å². The summed E-state index contributed by atoms with van der Waals surface area (Å²) in [5.74, 6) is 2.62. The lowest BCUT2D eigenvalue weighted by molar-refractivity contribution is -0.134. The second-order valence-corrected chi connectivity index (χ2v) is 16.5. The first-order valence-electron chi connectivity index (χ1n) is 17.3. The Hall–Kier alpha value is -3.91. The first-order chi connectivity index (χ1) is 25.1. The number of hydrogen-bond donors (Lipinski definition) is 1. The molecule has 1 aromatic carbocycles. The largest absolute Gasteiger partial charge is 0.491 e. The predicted octanol–water partition coefficient (Wildman–Crippen LogP) is 7.11. The number of anilines is 2. The third-order valence-electron chi connectivity index (χ3n) is 9.75. The van der Waals surface area contributed by atoms with Crippen LogP contribution in [0, 0.1) is 11.8 Å². The van der Waals surface area contributed by atoms with E-state index in [0.29, 0.717) is 24.2 Å². The second kappa shape index (κ2) is 15.6. The molecule has 8 rings (SSSR count). The molecule has 2 amide bonds. The van der Waals surface area contributed by atoms with Crippen LogP contribution in [0.2, 0.25) is 5.15 Å². The van der Waals surface area contributed by atoms with Crippen molar-refractivity contribution in [3.63, 3.8) is 0 Å². The number of ether oxygens (including phenoxy) is 1. The number of fused-ring (bicyclic) bond motifs is 7. The highest BCUT2D eigenvalue weighted by molar-refractivity contribution is 7.19. The Morgan fingerprint density at radius 1 is 0.885 bits per heavy atom. The fourth-order valence-corrected chi connectivity index (χ4v) is 10.1. The van der Waals surface area contributed by atoms with E-state index in [1.165, 1.54) is 27.2 Å². The minimum Gasteiger partial charge on any atom is -0.491 e. The molecule has 3 aliphatic rings. The zero-order valence-electron chi connectivity index (χ0n) is 29.5. The van der Waals surface area contributed by atoms with Crippen LogP contribution in [0.1, 0.15) is 51.3 Å². The fraction of sp³-hybridized carbons (Fsp3) is 0.432. The number of aliphatic imine (C=N–C) groups is 1. The minimum atomic E-state index is 0.0304. The molecule has 0 bridgehead atoms. The molecule has 0 saturated carbocycles. The molecular weight excluding hydrogens is 739 g/mol. The smallest absolute Gasteiger partial charge is 0.225 e. The Bertz CT molecular complexity index is 2180. The van der Waals surface area contributed by atoms with Crippen LogP contribution in [0.25, 0.3) is 20.4 Å². The number of nitrogens with one attached hydrogen (secondary N) is 1. The lowest BCUT2D eigenvalue weighted by Gasteiger charge is -2.24. The molecule has 0 fully saturated rings. The number of thiophene rings is 2. The van der Waals surface area contributed by atoms with Crippen molar-refractivity contribution in [3.8, 4) is 5.75 Å². The van der Waals surface area contributed by atoms with Crippen molar-refractivity contribution >= 4 is 95.8 Å². The Balaban J connectivity index is 0.000000187. The maximum Gasteiger partial charge on any atom is 0.225 e. The Morgan fingerprint density at radius 2 is 1.50 bits per heavy atom. The molecule has 5 aromatic rings. The second-order valence-electron chi connectivity index (χ2n) is 13.6. The van der Waals surface area contributed by atoms with Gasteiger partial charge in [0.25, 0.3) is 0 Å². The molecule has 1 aliphatic heterocycles. The number of aryl methyl sites for hydroxylation is 2. The number of carbonyl (C=O) groups excluding carboxylic acids is 2. The normalized spacial score (nSPS) is 17.2. The monoisotopic (exact) mass is 778 g/mol. The van der Waals surface area contributed by atoms with E-state index in [0.717, 1.165) is 93.8 Å². The molecule has 11 nitrogen and oxygen atoms in total. The maximum absolute atomic E-state index is 12.5. The van der Waals surface area contributed by atoms with Crippen molar-refractivity contribution in [2.45, 2.75) is 51.5 Å². The Morgan fingerprint density at radius 3 is 2.13 bits per heavy atom. The van der Waals surface area contributed by atoms with Gasteiger partial charge in [-0.25, -0.2) is 19.9 Å². The summed E-state index contributed by atoms with van der Waals surface area (Å²) >= 11 is 15.3. The standard InChI is InChI=1S/C24H26ClN5O2S.C13H14ClN3OS/c1-30(2)24(31)14-4-5-17-20(10-14)33-23-21(17)22(27-13-28-23)29-18-8-15-11-26-12-16(15)9-19(18)32-7-3-6-25;1-17(2)13(18)7-3-4-8-9(5-7)19-12-10(8)11(14)15-6-16-12/h8-9,11,13-14H,3-7,10,12H2,1-2H3,(H,27,28,29);6-7H,3-5H2,1-2H3. The fourth-order valence-electron chi connectivity index (χ4n) is 7.15. The van der Waals surface area contributed by atoms with E-state index in [1.807, 2.05) is 34.4 Å². The number of nitrogens with zero attached hydrogens (tertiary/aromatic N) is 7. The summed E-state index contributed by atoms with van der Waals surface area (Å²) in [4.78, 5) is 54.2. The van der Waals surface area contributed by atoms with Gasteiger partial charge in [-0.1, -0.05) is 11.6 Å². The topological polar surface area (TPSA) is 126 Å². The van der Waals surface area contributed by atoms with Crippen LogP contribution in [0.3, 0.4) is 0 Å². The van der Waals surface area contributed by atoms with Gasteiger partial charge < -0.3 is 19.9 Å². The van der Waals surface area contributed by atoms with Gasteiger partial charge in [-0.15, -0.1) is 34.3 Å². The van der Waals surface area contributed by atoms with Crippen LogP contribution < -0.4 is 10.1 Å². The van der Waals surface area contributed by atoms with Crippen molar-refractivity contribution in [1.82, 2.24) is 29.7 Å². The summed E-state index contributed by atoms with van der Waals surface area (Å²) in [6.07, 6.45) is 10.8. The van der Waals surface area contributed by atoms with Crippen LogP contribution >= 0.6 is 45.9 Å².